The van der Waals surface area contributed by atoms with Gasteiger partial charge in [0.1, 0.15) is 5.75 Å². The molecule has 0 saturated carbocycles. The zero-order valence-corrected chi connectivity index (χ0v) is 17.1. The zero-order chi connectivity index (χ0) is 21.3. The van der Waals surface area contributed by atoms with E-state index >= 15 is 0 Å². The standard InChI is InChI=1S/C23H22N2O4S/c24-23(27)19-9-5-11-21(13-19)29-14-22(26)25-20-10-4-8-18(12-20)16-30(28)15-17-6-2-1-3-7-17/h1-13H,14-16H2,(H2,24,27)(H,25,26). The van der Waals surface area contributed by atoms with Crippen LogP contribution in [0.3, 0.4) is 0 Å². The van der Waals surface area contributed by atoms with Gasteiger partial charge in [0.2, 0.25) is 5.91 Å². The fourth-order valence-corrected chi connectivity index (χ4v) is 4.04. The molecule has 0 saturated heterocycles. The van der Waals surface area contributed by atoms with Gasteiger partial charge in [0, 0.05) is 33.6 Å². The zero-order valence-electron chi connectivity index (χ0n) is 16.2. The molecule has 0 aliphatic heterocycles. The SMILES string of the molecule is NC(=O)c1cccc(OCC(=O)Nc2cccc(CS(=O)Cc3ccccc3)c2)c1. The number of hydrogen-bond donors (Lipinski definition) is 2. The Morgan fingerprint density at radius 1 is 0.867 bits per heavy atom. The molecule has 3 aromatic rings. The number of nitrogens with two attached hydrogens (primary N) is 1. The van der Waals surface area contributed by atoms with Crippen molar-refractivity contribution in [2.24, 2.45) is 5.73 Å². The van der Waals surface area contributed by atoms with Gasteiger partial charge in [-0.2, -0.15) is 0 Å². The van der Waals surface area contributed by atoms with Gasteiger partial charge < -0.3 is 15.8 Å². The number of anilines is 1. The summed E-state index contributed by atoms with van der Waals surface area (Å²) < 4.78 is 17.8. The second-order valence-electron chi connectivity index (χ2n) is 6.64. The van der Waals surface area contributed by atoms with Gasteiger partial charge in [0.15, 0.2) is 6.61 Å². The molecule has 0 aliphatic rings. The number of nitrogens with one attached hydrogen (secondary N) is 1. The van der Waals surface area contributed by atoms with E-state index in [1.54, 1.807) is 30.3 Å². The molecule has 0 fully saturated rings. The van der Waals surface area contributed by atoms with E-state index in [1.807, 2.05) is 42.5 Å². The van der Waals surface area contributed by atoms with Crippen molar-refractivity contribution in [3.63, 3.8) is 0 Å². The Hall–Kier alpha value is -3.45. The lowest BCUT2D eigenvalue weighted by atomic mass is 10.2. The van der Waals surface area contributed by atoms with Crippen LogP contribution < -0.4 is 15.8 Å². The van der Waals surface area contributed by atoms with Gasteiger partial charge in [-0.1, -0.05) is 48.5 Å². The molecule has 0 heterocycles. The molecular weight excluding hydrogens is 400 g/mol. The normalized spacial score (nSPS) is 11.5. The predicted octanol–water partition coefficient (Wildman–Crippen LogP) is 3.25. The minimum absolute atomic E-state index is 0.216. The monoisotopic (exact) mass is 422 g/mol. The summed E-state index contributed by atoms with van der Waals surface area (Å²) in [5.41, 5.74) is 8.05. The van der Waals surface area contributed by atoms with Crippen molar-refractivity contribution in [1.82, 2.24) is 0 Å². The Balaban J connectivity index is 1.53. The maximum absolute atomic E-state index is 12.4. The van der Waals surface area contributed by atoms with Crippen molar-refractivity contribution in [3.05, 3.63) is 95.6 Å². The minimum atomic E-state index is -1.05. The average molecular weight is 423 g/mol. The summed E-state index contributed by atoms with van der Waals surface area (Å²) in [6.07, 6.45) is 0. The van der Waals surface area contributed by atoms with Crippen LogP contribution in [0.15, 0.2) is 78.9 Å². The maximum atomic E-state index is 12.4. The molecule has 0 aliphatic carbocycles. The summed E-state index contributed by atoms with van der Waals surface area (Å²) in [5.74, 6) is 0.352. The van der Waals surface area contributed by atoms with E-state index in [1.165, 1.54) is 6.07 Å². The Kier molecular flexibility index (Phi) is 7.34. The molecule has 6 nitrogen and oxygen atoms in total. The molecule has 3 rings (SSSR count). The van der Waals surface area contributed by atoms with Crippen LogP contribution in [-0.2, 0) is 27.1 Å². The van der Waals surface area contributed by atoms with Crippen molar-refractivity contribution in [3.8, 4) is 5.75 Å². The third kappa shape index (κ3) is 6.56. The topological polar surface area (TPSA) is 98.5 Å². The number of ether oxygens (including phenoxy) is 1. The van der Waals surface area contributed by atoms with Gasteiger partial charge in [-0.15, -0.1) is 0 Å². The lowest BCUT2D eigenvalue weighted by molar-refractivity contribution is -0.118. The van der Waals surface area contributed by atoms with Crippen LogP contribution in [-0.4, -0.2) is 22.6 Å². The molecule has 0 bridgehead atoms. The van der Waals surface area contributed by atoms with Crippen LogP contribution in [0.2, 0.25) is 0 Å². The van der Waals surface area contributed by atoms with Gasteiger partial charge in [0.25, 0.3) is 5.91 Å². The Labute approximate surface area is 177 Å². The largest absolute Gasteiger partial charge is 0.484 e. The average Bonchev–Trinajstić information content (AvgIpc) is 2.73. The first-order valence-electron chi connectivity index (χ1n) is 9.30. The van der Waals surface area contributed by atoms with Crippen molar-refractivity contribution >= 4 is 28.3 Å². The smallest absolute Gasteiger partial charge is 0.262 e. The molecule has 1 unspecified atom stereocenters. The molecule has 0 radical (unpaired) electrons. The van der Waals surface area contributed by atoms with Crippen LogP contribution in [0, 0.1) is 0 Å². The highest BCUT2D eigenvalue weighted by molar-refractivity contribution is 7.83. The van der Waals surface area contributed by atoms with E-state index in [9.17, 15) is 13.8 Å². The van der Waals surface area contributed by atoms with Gasteiger partial charge in [0.05, 0.1) is 0 Å². The molecule has 2 amide bonds. The third-order valence-electron chi connectivity index (χ3n) is 4.20. The Morgan fingerprint density at radius 3 is 2.33 bits per heavy atom. The number of hydrogen-bond acceptors (Lipinski definition) is 4. The summed E-state index contributed by atoms with van der Waals surface area (Å²) in [5, 5.41) is 2.76. The fourth-order valence-electron chi connectivity index (χ4n) is 2.82. The quantitative estimate of drug-likeness (QED) is 0.553. The van der Waals surface area contributed by atoms with Crippen LogP contribution in [0.4, 0.5) is 5.69 Å². The van der Waals surface area contributed by atoms with E-state index in [4.69, 9.17) is 10.5 Å². The lowest BCUT2D eigenvalue weighted by Crippen LogP contribution is -2.20. The molecule has 1 atom stereocenters. The van der Waals surface area contributed by atoms with E-state index in [0.29, 0.717) is 28.5 Å². The summed E-state index contributed by atoms with van der Waals surface area (Å²) in [7, 11) is -1.05. The molecule has 3 N–H and O–H groups in total. The van der Waals surface area contributed by atoms with Crippen LogP contribution in [0.25, 0.3) is 0 Å². The van der Waals surface area contributed by atoms with Crippen molar-refractivity contribution in [2.75, 3.05) is 11.9 Å². The lowest BCUT2D eigenvalue weighted by Gasteiger charge is -2.09. The molecule has 30 heavy (non-hydrogen) atoms. The van der Waals surface area contributed by atoms with Crippen molar-refractivity contribution in [1.29, 1.82) is 0 Å². The van der Waals surface area contributed by atoms with Crippen molar-refractivity contribution < 1.29 is 18.5 Å². The summed E-state index contributed by atoms with van der Waals surface area (Å²) in [4.78, 5) is 23.4. The molecule has 0 aromatic heterocycles. The van der Waals surface area contributed by atoms with E-state index < -0.39 is 16.7 Å². The first kappa shape index (κ1) is 21.3. The Morgan fingerprint density at radius 2 is 1.57 bits per heavy atom. The van der Waals surface area contributed by atoms with Gasteiger partial charge in [-0.05, 0) is 41.5 Å². The number of rotatable bonds is 9. The van der Waals surface area contributed by atoms with E-state index in [-0.39, 0.29) is 12.5 Å². The summed E-state index contributed by atoms with van der Waals surface area (Å²) in [6, 6.07) is 23.3. The Bertz CT molecular complexity index is 1050. The van der Waals surface area contributed by atoms with E-state index in [2.05, 4.69) is 5.32 Å². The second kappa shape index (κ2) is 10.4. The van der Waals surface area contributed by atoms with Gasteiger partial charge >= 0.3 is 0 Å². The predicted molar refractivity (Wildman–Crippen MR) is 118 cm³/mol. The van der Waals surface area contributed by atoms with Crippen LogP contribution in [0.5, 0.6) is 5.75 Å². The second-order valence-corrected chi connectivity index (χ2v) is 8.10. The number of amides is 2. The molecule has 7 heteroatoms. The highest BCUT2D eigenvalue weighted by Crippen LogP contribution is 2.16. The maximum Gasteiger partial charge on any atom is 0.262 e. The van der Waals surface area contributed by atoms with Crippen molar-refractivity contribution in [2.45, 2.75) is 11.5 Å². The number of carbonyl (C=O) groups excluding carboxylic acids is 2. The van der Waals surface area contributed by atoms with Crippen LogP contribution >= 0.6 is 0 Å². The summed E-state index contributed by atoms with van der Waals surface area (Å²) >= 11 is 0. The fraction of sp³-hybridized carbons (Fsp3) is 0.130. The molecular formula is C23H22N2O4S. The number of benzene rings is 3. The number of primary amides is 1. The minimum Gasteiger partial charge on any atom is -0.484 e. The van der Waals surface area contributed by atoms with Gasteiger partial charge in [-0.25, -0.2) is 0 Å². The number of carbonyl (C=O) groups is 2. The third-order valence-corrected chi connectivity index (χ3v) is 5.51. The highest BCUT2D eigenvalue weighted by Gasteiger charge is 2.08. The van der Waals surface area contributed by atoms with Crippen LogP contribution in [0.1, 0.15) is 21.5 Å². The van der Waals surface area contributed by atoms with E-state index in [0.717, 1.165) is 11.1 Å². The first-order chi connectivity index (χ1) is 14.5. The highest BCUT2D eigenvalue weighted by atomic mass is 32.2. The molecule has 3 aromatic carbocycles. The molecule has 0 spiro atoms. The first-order valence-corrected chi connectivity index (χ1v) is 10.8. The van der Waals surface area contributed by atoms with Gasteiger partial charge in [-0.3, -0.25) is 13.8 Å². The summed E-state index contributed by atoms with van der Waals surface area (Å²) in [6.45, 7) is -0.216. The molecule has 154 valence electrons.